The standard InChI is InChI=1S/C30H31N3O2/c31-19-23-9-6-10-26(17-23)24-11-13-25(14-12-24)30-27-20-32(15-4-5-16-33(27)28(30)21-34)29(35)18-22-7-2-1-3-8-22/h1-3,6-14,17,27-28,30,34H,4-5,15-16,18,20-21H2/t27-,28-,30+/m1/s1. The highest BCUT2D eigenvalue weighted by Crippen LogP contribution is 2.42. The van der Waals surface area contributed by atoms with Gasteiger partial charge in [0.25, 0.3) is 0 Å². The molecule has 5 heteroatoms. The minimum absolute atomic E-state index is 0.0805. The van der Waals surface area contributed by atoms with Crippen molar-refractivity contribution < 1.29 is 9.90 Å². The molecule has 0 radical (unpaired) electrons. The Morgan fingerprint density at radius 3 is 2.46 bits per heavy atom. The number of benzene rings is 3. The topological polar surface area (TPSA) is 67.6 Å². The number of rotatable bonds is 5. The number of carbonyl (C=O) groups excluding carboxylic acids is 1. The Morgan fingerprint density at radius 1 is 0.943 bits per heavy atom. The van der Waals surface area contributed by atoms with Gasteiger partial charge in [-0.25, -0.2) is 0 Å². The van der Waals surface area contributed by atoms with E-state index < -0.39 is 0 Å². The van der Waals surface area contributed by atoms with Crippen LogP contribution in [0.2, 0.25) is 0 Å². The lowest BCUT2D eigenvalue weighted by Crippen LogP contribution is -2.68. The van der Waals surface area contributed by atoms with E-state index in [1.807, 2.05) is 59.5 Å². The van der Waals surface area contributed by atoms with E-state index in [0.717, 1.165) is 42.6 Å². The largest absolute Gasteiger partial charge is 0.395 e. The Kier molecular flexibility index (Phi) is 6.94. The Morgan fingerprint density at radius 2 is 1.71 bits per heavy atom. The van der Waals surface area contributed by atoms with Gasteiger partial charge in [0.15, 0.2) is 0 Å². The van der Waals surface area contributed by atoms with Gasteiger partial charge in [0.1, 0.15) is 0 Å². The summed E-state index contributed by atoms with van der Waals surface area (Å²) in [4.78, 5) is 17.6. The zero-order valence-corrected chi connectivity index (χ0v) is 19.9. The summed E-state index contributed by atoms with van der Waals surface area (Å²) in [7, 11) is 0. The molecule has 178 valence electrons. The molecule has 3 aromatic carbocycles. The summed E-state index contributed by atoms with van der Waals surface area (Å²) in [6.45, 7) is 2.57. The smallest absolute Gasteiger partial charge is 0.227 e. The average molecular weight is 466 g/mol. The third-order valence-electron chi connectivity index (χ3n) is 7.54. The van der Waals surface area contributed by atoms with E-state index in [1.54, 1.807) is 0 Å². The van der Waals surface area contributed by atoms with Gasteiger partial charge in [-0.3, -0.25) is 9.69 Å². The van der Waals surface area contributed by atoms with Crippen molar-refractivity contribution in [3.8, 4) is 17.2 Å². The van der Waals surface area contributed by atoms with E-state index >= 15 is 0 Å². The van der Waals surface area contributed by atoms with E-state index in [2.05, 4.69) is 35.2 Å². The Balaban J connectivity index is 1.35. The summed E-state index contributed by atoms with van der Waals surface area (Å²) in [6, 6.07) is 28.6. The van der Waals surface area contributed by atoms with Gasteiger partial charge in [-0.2, -0.15) is 5.26 Å². The molecule has 2 aliphatic heterocycles. The summed E-state index contributed by atoms with van der Waals surface area (Å²) in [6.07, 6.45) is 2.45. The first-order chi connectivity index (χ1) is 17.2. The van der Waals surface area contributed by atoms with Crippen LogP contribution in [0.15, 0.2) is 78.9 Å². The molecule has 0 saturated carbocycles. The zero-order chi connectivity index (χ0) is 24.2. The molecule has 0 aliphatic carbocycles. The highest BCUT2D eigenvalue weighted by Gasteiger charge is 2.49. The zero-order valence-electron chi connectivity index (χ0n) is 19.9. The number of nitrogens with zero attached hydrogens (tertiary/aromatic N) is 3. The van der Waals surface area contributed by atoms with E-state index in [1.165, 1.54) is 5.56 Å². The van der Waals surface area contributed by atoms with Crippen LogP contribution in [0.5, 0.6) is 0 Å². The van der Waals surface area contributed by atoms with Crippen molar-refractivity contribution in [2.75, 3.05) is 26.2 Å². The maximum absolute atomic E-state index is 13.2. The van der Waals surface area contributed by atoms with E-state index in [0.29, 0.717) is 18.5 Å². The molecule has 3 atom stereocenters. The van der Waals surface area contributed by atoms with Gasteiger partial charge in [0, 0.05) is 31.1 Å². The van der Waals surface area contributed by atoms with E-state index in [9.17, 15) is 15.2 Å². The summed E-state index contributed by atoms with van der Waals surface area (Å²) in [5.41, 5.74) is 4.98. The molecule has 0 bridgehead atoms. The van der Waals surface area contributed by atoms with Gasteiger partial charge in [0.2, 0.25) is 5.91 Å². The van der Waals surface area contributed by atoms with Crippen molar-refractivity contribution in [3.05, 3.63) is 95.6 Å². The molecule has 2 aliphatic rings. The van der Waals surface area contributed by atoms with E-state index in [4.69, 9.17) is 0 Å². The number of hydrogen-bond acceptors (Lipinski definition) is 4. The van der Waals surface area contributed by atoms with Gasteiger partial charge in [0.05, 0.1) is 24.7 Å². The molecule has 1 amide bonds. The molecule has 0 unspecified atom stereocenters. The van der Waals surface area contributed by atoms with Crippen molar-refractivity contribution in [1.82, 2.24) is 9.80 Å². The van der Waals surface area contributed by atoms with Crippen LogP contribution in [0.4, 0.5) is 0 Å². The first kappa shape index (κ1) is 23.3. The molecule has 3 aromatic rings. The van der Waals surface area contributed by atoms with Gasteiger partial charge in [-0.15, -0.1) is 0 Å². The van der Waals surface area contributed by atoms with Gasteiger partial charge < -0.3 is 10.0 Å². The second-order valence-electron chi connectivity index (χ2n) is 9.60. The van der Waals surface area contributed by atoms with Gasteiger partial charge in [-0.05, 0) is 53.8 Å². The summed E-state index contributed by atoms with van der Waals surface area (Å²) < 4.78 is 0. The maximum atomic E-state index is 13.2. The molecule has 0 aromatic heterocycles. The van der Waals surface area contributed by atoms with Crippen LogP contribution >= 0.6 is 0 Å². The molecule has 2 fully saturated rings. The van der Waals surface area contributed by atoms with E-state index in [-0.39, 0.29) is 30.5 Å². The fourth-order valence-corrected chi connectivity index (χ4v) is 5.72. The second-order valence-corrected chi connectivity index (χ2v) is 9.60. The molecule has 5 rings (SSSR count). The number of carbonyl (C=O) groups is 1. The fraction of sp³-hybridized carbons (Fsp3) is 0.333. The van der Waals surface area contributed by atoms with Crippen LogP contribution in [-0.4, -0.2) is 59.1 Å². The predicted molar refractivity (Wildman–Crippen MR) is 137 cm³/mol. The molecule has 1 N–H and O–H groups in total. The summed E-state index contributed by atoms with van der Waals surface area (Å²) in [5.74, 6) is 0.363. The lowest BCUT2D eigenvalue weighted by Gasteiger charge is -2.57. The Labute approximate surface area is 207 Å². The van der Waals surface area contributed by atoms with Crippen LogP contribution in [0.1, 0.15) is 35.4 Å². The van der Waals surface area contributed by atoms with Crippen LogP contribution < -0.4 is 0 Å². The molecule has 2 saturated heterocycles. The molecule has 0 spiro atoms. The number of aliphatic hydroxyl groups excluding tert-OH is 1. The summed E-state index contributed by atoms with van der Waals surface area (Å²) >= 11 is 0. The Hall–Kier alpha value is -3.46. The SMILES string of the molecule is N#Cc1cccc(-c2ccc([C@@H]3[C@@H](CO)N4CCCCN(C(=O)Cc5ccccc5)C[C@H]34)cc2)c1. The van der Waals surface area contributed by atoms with Crippen molar-refractivity contribution in [3.63, 3.8) is 0 Å². The summed E-state index contributed by atoms with van der Waals surface area (Å²) in [5, 5.41) is 19.4. The van der Waals surface area contributed by atoms with Crippen LogP contribution in [-0.2, 0) is 11.2 Å². The number of amides is 1. The molecular formula is C30H31N3O2. The van der Waals surface area contributed by atoms with Gasteiger partial charge in [-0.1, -0.05) is 66.7 Å². The highest BCUT2D eigenvalue weighted by molar-refractivity contribution is 5.79. The molecule has 2 heterocycles. The second kappa shape index (κ2) is 10.4. The highest BCUT2D eigenvalue weighted by atomic mass is 16.3. The van der Waals surface area contributed by atoms with Gasteiger partial charge >= 0.3 is 0 Å². The maximum Gasteiger partial charge on any atom is 0.227 e. The van der Waals surface area contributed by atoms with Crippen molar-refractivity contribution in [1.29, 1.82) is 5.26 Å². The first-order valence-corrected chi connectivity index (χ1v) is 12.5. The quantitative estimate of drug-likeness (QED) is 0.613. The number of nitriles is 1. The molecule has 5 nitrogen and oxygen atoms in total. The van der Waals surface area contributed by atoms with Crippen LogP contribution in [0, 0.1) is 11.3 Å². The van der Waals surface area contributed by atoms with Crippen molar-refractivity contribution in [2.24, 2.45) is 0 Å². The molecule has 35 heavy (non-hydrogen) atoms. The lowest BCUT2D eigenvalue weighted by molar-refractivity contribution is -0.135. The van der Waals surface area contributed by atoms with Crippen LogP contribution in [0.25, 0.3) is 11.1 Å². The fourth-order valence-electron chi connectivity index (χ4n) is 5.72. The third-order valence-corrected chi connectivity index (χ3v) is 7.54. The van der Waals surface area contributed by atoms with Crippen molar-refractivity contribution >= 4 is 5.91 Å². The average Bonchev–Trinajstić information content (AvgIpc) is 2.88. The molecular weight excluding hydrogens is 434 g/mol. The van der Waals surface area contributed by atoms with Crippen LogP contribution in [0.3, 0.4) is 0 Å². The number of aliphatic hydroxyl groups is 1. The first-order valence-electron chi connectivity index (χ1n) is 12.5. The van der Waals surface area contributed by atoms with Crippen molar-refractivity contribution in [2.45, 2.75) is 37.3 Å². The Bertz CT molecular complexity index is 1200. The number of fused-ring (bicyclic) bond motifs is 1. The minimum atomic E-state index is 0.0805. The number of hydrogen-bond donors (Lipinski definition) is 1. The monoisotopic (exact) mass is 465 g/mol. The lowest BCUT2D eigenvalue weighted by atomic mass is 9.74. The minimum Gasteiger partial charge on any atom is -0.395 e. The third kappa shape index (κ3) is 4.86. The normalized spacial score (nSPS) is 22.3. The predicted octanol–water partition coefficient (Wildman–Crippen LogP) is 4.22.